The molecule has 106 valence electrons. The average Bonchev–Trinajstić information content (AvgIpc) is 2.78. The van der Waals surface area contributed by atoms with Gasteiger partial charge in [0.25, 0.3) is 0 Å². The summed E-state index contributed by atoms with van der Waals surface area (Å²) in [4.78, 5) is 12.5. The number of halogens is 2. The molecule has 0 fully saturated rings. The lowest BCUT2D eigenvalue weighted by Crippen LogP contribution is -2.01. The Bertz CT molecular complexity index is 865. The molecule has 2 aromatic carbocycles. The van der Waals surface area contributed by atoms with Crippen molar-refractivity contribution in [3.63, 3.8) is 0 Å². The molecule has 1 heterocycles. The molecule has 1 aromatic heterocycles. The summed E-state index contributed by atoms with van der Waals surface area (Å²) in [6, 6.07) is 9.31. The van der Waals surface area contributed by atoms with Crippen molar-refractivity contribution in [2.75, 3.05) is 0 Å². The van der Waals surface area contributed by atoms with Crippen molar-refractivity contribution in [1.29, 1.82) is 0 Å². The van der Waals surface area contributed by atoms with Crippen molar-refractivity contribution in [2.24, 2.45) is 0 Å². The molecule has 0 amide bonds. The normalized spacial score (nSPS) is 11.0. The van der Waals surface area contributed by atoms with Crippen LogP contribution in [0.15, 0.2) is 40.8 Å². The van der Waals surface area contributed by atoms with Gasteiger partial charge < -0.3 is 4.42 Å². The first-order valence-corrected chi connectivity index (χ1v) is 6.84. The standard InChI is InChI=1S/C17H12ClFO2/c1-9-3-4-11(7-14(9)18)16(20)17-10(2)13-8-12(19)5-6-15(13)21-17/h3-8H,1-2H3. The molecular weight excluding hydrogens is 291 g/mol. The predicted molar refractivity (Wildman–Crippen MR) is 80.5 cm³/mol. The zero-order valence-electron chi connectivity index (χ0n) is 11.5. The lowest BCUT2D eigenvalue weighted by Gasteiger charge is -2.02. The van der Waals surface area contributed by atoms with E-state index in [0.717, 1.165) is 5.56 Å². The van der Waals surface area contributed by atoms with E-state index in [-0.39, 0.29) is 17.4 Å². The highest BCUT2D eigenvalue weighted by Crippen LogP contribution is 2.28. The van der Waals surface area contributed by atoms with Crippen LogP contribution in [-0.2, 0) is 0 Å². The molecular formula is C17H12ClFO2. The number of ketones is 1. The van der Waals surface area contributed by atoms with Gasteiger partial charge in [0.2, 0.25) is 5.78 Å². The summed E-state index contributed by atoms with van der Waals surface area (Å²) in [5, 5.41) is 1.14. The van der Waals surface area contributed by atoms with Crippen LogP contribution in [0.5, 0.6) is 0 Å². The molecule has 0 saturated carbocycles. The fraction of sp³-hybridized carbons (Fsp3) is 0.118. The van der Waals surface area contributed by atoms with E-state index >= 15 is 0 Å². The Labute approximate surface area is 126 Å². The van der Waals surface area contributed by atoms with Crippen LogP contribution in [0, 0.1) is 19.7 Å². The molecule has 2 nitrogen and oxygen atoms in total. The fourth-order valence-corrected chi connectivity index (χ4v) is 2.46. The number of furan rings is 1. The molecule has 0 bridgehead atoms. The Morgan fingerprint density at radius 2 is 1.90 bits per heavy atom. The van der Waals surface area contributed by atoms with Crippen LogP contribution < -0.4 is 0 Å². The summed E-state index contributed by atoms with van der Waals surface area (Å²) in [5.41, 5.74) is 2.48. The molecule has 0 unspecified atom stereocenters. The summed E-state index contributed by atoms with van der Waals surface area (Å²) in [5.74, 6) is -0.398. The summed E-state index contributed by atoms with van der Waals surface area (Å²) in [6.07, 6.45) is 0. The molecule has 0 N–H and O–H groups in total. The van der Waals surface area contributed by atoms with Gasteiger partial charge in [-0.25, -0.2) is 4.39 Å². The SMILES string of the molecule is Cc1ccc(C(=O)c2oc3ccc(F)cc3c2C)cc1Cl. The van der Waals surface area contributed by atoms with Crippen LogP contribution in [0.4, 0.5) is 4.39 Å². The quantitative estimate of drug-likeness (QED) is 0.618. The van der Waals surface area contributed by atoms with Gasteiger partial charge in [-0.3, -0.25) is 4.79 Å². The van der Waals surface area contributed by atoms with Crippen molar-refractivity contribution in [3.8, 4) is 0 Å². The van der Waals surface area contributed by atoms with Gasteiger partial charge >= 0.3 is 0 Å². The average molecular weight is 303 g/mol. The van der Waals surface area contributed by atoms with E-state index in [2.05, 4.69) is 0 Å². The molecule has 3 rings (SSSR count). The van der Waals surface area contributed by atoms with E-state index in [1.807, 2.05) is 6.92 Å². The van der Waals surface area contributed by atoms with E-state index in [4.69, 9.17) is 16.0 Å². The van der Waals surface area contributed by atoms with Gasteiger partial charge in [0.1, 0.15) is 11.4 Å². The molecule has 0 aliphatic carbocycles. The highest BCUT2D eigenvalue weighted by atomic mass is 35.5. The molecule has 0 aliphatic heterocycles. The largest absolute Gasteiger partial charge is 0.452 e. The minimum Gasteiger partial charge on any atom is -0.452 e. The van der Waals surface area contributed by atoms with E-state index in [1.165, 1.54) is 18.2 Å². The number of fused-ring (bicyclic) bond motifs is 1. The number of aryl methyl sites for hydroxylation is 2. The summed E-state index contributed by atoms with van der Waals surface area (Å²) < 4.78 is 18.9. The molecule has 0 aliphatic rings. The van der Waals surface area contributed by atoms with Crippen LogP contribution in [0.2, 0.25) is 5.02 Å². The highest BCUT2D eigenvalue weighted by Gasteiger charge is 2.20. The molecule has 0 atom stereocenters. The van der Waals surface area contributed by atoms with Gasteiger partial charge in [-0.1, -0.05) is 23.7 Å². The monoisotopic (exact) mass is 302 g/mol. The third-order valence-corrected chi connectivity index (χ3v) is 3.95. The van der Waals surface area contributed by atoms with Crippen LogP contribution >= 0.6 is 11.6 Å². The maximum Gasteiger partial charge on any atom is 0.228 e. The van der Waals surface area contributed by atoms with Crippen molar-refractivity contribution in [3.05, 3.63) is 69.7 Å². The number of rotatable bonds is 2. The minimum atomic E-state index is -0.358. The number of hydrogen-bond acceptors (Lipinski definition) is 2. The first kappa shape index (κ1) is 13.8. The smallest absolute Gasteiger partial charge is 0.228 e. The Morgan fingerprint density at radius 1 is 1.14 bits per heavy atom. The second-order valence-corrected chi connectivity index (χ2v) is 5.40. The van der Waals surface area contributed by atoms with Gasteiger partial charge in [-0.15, -0.1) is 0 Å². The molecule has 3 aromatic rings. The summed E-state index contributed by atoms with van der Waals surface area (Å²) >= 11 is 6.05. The predicted octanol–water partition coefficient (Wildman–Crippen LogP) is 5.07. The second kappa shape index (κ2) is 5.01. The first-order valence-electron chi connectivity index (χ1n) is 6.47. The Kier molecular flexibility index (Phi) is 3.30. The van der Waals surface area contributed by atoms with Crippen molar-refractivity contribution in [1.82, 2.24) is 0 Å². The van der Waals surface area contributed by atoms with Crippen LogP contribution in [-0.4, -0.2) is 5.78 Å². The maximum absolute atomic E-state index is 13.3. The Hall–Kier alpha value is -2.13. The van der Waals surface area contributed by atoms with Gasteiger partial charge in [0.05, 0.1) is 0 Å². The van der Waals surface area contributed by atoms with Gasteiger partial charge in [-0.2, -0.15) is 0 Å². The van der Waals surface area contributed by atoms with E-state index in [9.17, 15) is 9.18 Å². The van der Waals surface area contributed by atoms with Crippen LogP contribution in [0.1, 0.15) is 27.2 Å². The topological polar surface area (TPSA) is 30.2 Å². The molecule has 0 saturated heterocycles. The number of carbonyl (C=O) groups is 1. The van der Waals surface area contributed by atoms with Crippen molar-refractivity contribution < 1.29 is 13.6 Å². The van der Waals surface area contributed by atoms with Gasteiger partial charge in [0.15, 0.2) is 5.76 Å². The van der Waals surface area contributed by atoms with Gasteiger partial charge in [0, 0.05) is 21.5 Å². The fourth-order valence-electron chi connectivity index (χ4n) is 2.27. The molecule has 0 radical (unpaired) electrons. The third-order valence-electron chi connectivity index (χ3n) is 3.54. The lowest BCUT2D eigenvalue weighted by molar-refractivity contribution is 0.101. The number of benzene rings is 2. The third kappa shape index (κ3) is 2.34. The first-order chi connectivity index (χ1) is 9.97. The van der Waals surface area contributed by atoms with Crippen LogP contribution in [0.25, 0.3) is 11.0 Å². The minimum absolute atomic E-state index is 0.218. The zero-order chi connectivity index (χ0) is 15.1. The zero-order valence-corrected chi connectivity index (χ0v) is 12.3. The van der Waals surface area contributed by atoms with E-state index < -0.39 is 0 Å². The molecule has 0 spiro atoms. The highest BCUT2D eigenvalue weighted by molar-refractivity contribution is 6.31. The Morgan fingerprint density at radius 3 is 2.62 bits per heavy atom. The van der Waals surface area contributed by atoms with Crippen molar-refractivity contribution in [2.45, 2.75) is 13.8 Å². The maximum atomic E-state index is 13.3. The lowest BCUT2D eigenvalue weighted by atomic mass is 10.0. The summed E-state index contributed by atoms with van der Waals surface area (Å²) in [6.45, 7) is 3.61. The molecule has 21 heavy (non-hydrogen) atoms. The van der Waals surface area contributed by atoms with Crippen LogP contribution in [0.3, 0.4) is 0 Å². The Balaban J connectivity index is 2.13. The van der Waals surface area contributed by atoms with E-state index in [1.54, 1.807) is 25.1 Å². The summed E-state index contributed by atoms with van der Waals surface area (Å²) in [7, 11) is 0. The number of carbonyl (C=O) groups excluding carboxylic acids is 1. The molecule has 4 heteroatoms. The van der Waals surface area contributed by atoms with Crippen molar-refractivity contribution >= 4 is 28.4 Å². The number of hydrogen-bond donors (Lipinski definition) is 0. The second-order valence-electron chi connectivity index (χ2n) is 4.99. The van der Waals surface area contributed by atoms with Gasteiger partial charge in [-0.05, 0) is 43.7 Å². The van der Waals surface area contributed by atoms with E-state index in [0.29, 0.717) is 27.1 Å².